The Kier molecular flexibility index (Phi) is 3.93. The number of halogens is 1. The van der Waals surface area contributed by atoms with Gasteiger partial charge >= 0.3 is 0 Å². The van der Waals surface area contributed by atoms with Crippen LogP contribution in [0.1, 0.15) is 12.0 Å². The van der Waals surface area contributed by atoms with Crippen LogP contribution in [0.4, 0.5) is 5.69 Å². The first-order valence-corrected chi connectivity index (χ1v) is 8.20. The van der Waals surface area contributed by atoms with Crippen molar-refractivity contribution < 1.29 is 13.2 Å². The van der Waals surface area contributed by atoms with Crippen molar-refractivity contribution in [1.29, 1.82) is 0 Å². The van der Waals surface area contributed by atoms with Crippen LogP contribution in [0.3, 0.4) is 0 Å². The number of carbonyl (C=O) groups excluding carboxylic acids is 1. The van der Waals surface area contributed by atoms with Gasteiger partial charge in [0.1, 0.15) is 4.60 Å². The summed E-state index contributed by atoms with van der Waals surface area (Å²) < 4.78 is 22.7. The van der Waals surface area contributed by atoms with Crippen molar-refractivity contribution in [2.75, 3.05) is 17.2 Å². The predicted molar refractivity (Wildman–Crippen MR) is 75.1 cm³/mol. The smallest absolute Gasteiger partial charge is 0.227 e. The van der Waals surface area contributed by atoms with Gasteiger partial charge in [-0.3, -0.25) is 4.79 Å². The molecule has 2 rings (SSSR count). The summed E-state index contributed by atoms with van der Waals surface area (Å²) in [7, 11) is -3.56. The topological polar surface area (TPSA) is 93.4 Å². The number of anilines is 1. The third-order valence-electron chi connectivity index (χ3n) is 2.92. The van der Waals surface area contributed by atoms with Gasteiger partial charge in [0, 0.05) is 25.1 Å². The normalized spacial score (nSPS) is 20.1. The van der Waals surface area contributed by atoms with Crippen molar-refractivity contribution in [2.24, 2.45) is 11.1 Å². The number of rotatable bonds is 3. The second kappa shape index (κ2) is 5.18. The lowest BCUT2D eigenvalue weighted by Crippen LogP contribution is -2.28. The van der Waals surface area contributed by atoms with Crippen LogP contribution in [0.5, 0.6) is 0 Å². The minimum Gasteiger partial charge on any atom is -0.310 e. The first kappa shape index (κ1) is 14.4. The summed E-state index contributed by atoms with van der Waals surface area (Å²) in [5.74, 6) is -0.553. The fourth-order valence-electron chi connectivity index (χ4n) is 2.18. The van der Waals surface area contributed by atoms with Gasteiger partial charge in [-0.1, -0.05) is 0 Å². The van der Waals surface area contributed by atoms with Gasteiger partial charge in [0.15, 0.2) is 0 Å². The molecule has 104 valence electrons. The van der Waals surface area contributed by atoms with Crippen molar-refractivity contribution >= 4 is 37.5 Å². The molecule has 1 aromatic rings. The molecule has 0 spiro atoms. The molecule has 1 atom stereocenters. The first-order chi connectivity index (χ1) is 8.76. The Labute approximate surface area is 120 Å². The number of hydrogen-bond acceptors (Lipinski definition) is 4. The van der Waals surface area contributed by atoms with Gasteiger partial charge in [0.2, 0.25) is 15.9 Å². The third-order valence-corrected chi connectivity index (χ3v) is 4.47. The lowest BCUT2D eigenvalue weighted by Gasteiger charge is -2.18. The van der Waals surface area contributed by atoms with Gasteiger partial charge in [-0.05, 0) is 34.5 Å². The molecular formula is C11H14BrN3O3S. The summed E-state index contributed by atoms with van der Waals surface area (Å²) in [6, 6.07) is 1.84. The molecule has 0 aliphatic carbocycles. The summed E-state index contributed by atoms with van der Waals surface area (Å²) in [4.78, 5) is 17.7. The molecule has 2 heterocycles. The van der Waals surface area contributed by atoms with Crippen molar-refractivity contribution in [1.82, 2.24) is 4.98 Å². The SMILES string of the molecule is Cc1cnc(Br)c(N2CC(CS(N)(=O)=O)CC2=O)c1. The molecule has 1 aliphatic heterocycles. The molecule has 1 fully saturated rings. The van der Waals surface area contributed by atoms with Gasteiger partial charge in [-0.2, -0.15) is 0 Å². The summed E-state index contributed by atoms with van der Waals surface area (Å²) in [6.45, 7) is 2.23. The summed E-state index contributed by atoms with van der Waals surface area (Å²) >= 11 is 3.30. The van der Waals surface area contributed by atoms with E-state index in [9.17, 15) is 13.2 Å². The van der Waals surface area contributed by atoms with Gasteiger partial charge < -0.3 is 4.90 Å². The number of amides is 1. The molecule has 0 saturated carbocycles. The van der Waals surface area contributed by atoms with Crippen molar-refractivity contribution in [2.45, 2.75) is 13.3 Å². The van der Waals surface area contributed by atoms with E-state index in [2.05, 4.69) is 20.9 Å². The number of nitrogens with two attached hydrogens (primary N) is 1. The number of pyridine rings is 1. The zero-order valence-electron chi connectivity index (χ0n) is 10.3. The Balaban J connectivity index is 2.23. The number of hydrogen-bond donors (Lipinski definition) is 1. The highest BCUT2D eigenvalue weighted by Crippen LogP contribution is 2.31. The molecule has 1 amide bonds. The highest BCUT2D eigenvalue weighted by atomic mass is 79.9. The van der Waals surface area contributed by atoms with E-state index < -0.39 is 10.0 Å². The van der Waals surface area contributed by atoms with Crippen molar-refractivity contribution in [3.8, 4) is 0 Å². The van der Waals surface area contributed by atoms with E-state index >= 15 is 0 Å². The molecule has 1 aliphatic rings. The second-order valence-corrected chi connectivity index (χ2v) is 7.14. The maximum Gasteiger partial charge on any atom is 0.227 e. The van der Waals surface area contributed by atoms with Gasteiger partial charge in [0.25, 0.3) is 0 Å². The maximum atomic E-state index is 12.0. The molecule has 0 bridgehead atoms. The summed E-state index contributed by atoms with van der Waals surface area (Å²) in [6.07, 6.45) is 1.88. The largest absolute Gasteiger partial charge is 0.310 e. The van der Waals surface area contributed by atoms with Crippen LogP contribution in [0, 0.1) is 12.8 Å². The lowest BCUT2D eigenvalue weighted by molar-refractivity contribution is -0.117. The van der Waals surface area contributed by atoms with Gasteiger partial charge in [-0.25, -0.2) is 18.5 Å². The van der Waals surface area contributed by atoms with E-state index in [1.54, 1.807) is 11.1 Å². The highest BCUT2D eigenvalue weighted by molar-refractivity contribution is 9.10. The zero-order chi connectivity index (χ0) is 14.2. The van der Waals surface area contributed by atoms with Crippen LogP contribution >= 0.6 is 15.9 Å². The fourth-order valence-corrected chi connectivity index (χ4v) is 3.49. The maximum absolute atomic E-state index is 12.0. The van der Waals surface area contributed by atoms with E-state index in [1.807, 2.05) is 13.0 Å². The first-order valence-electron chi connectivity index (χ1n) is 5.69. The summed E-state index contributed by atoms with van der Waals surface area (Å²) in [5.41, 5.74) is 1.60. The van der Waals surface area contributed by atoms with Crippen molar-refractivity contribution in [3.63, 3.8) is 0 Å². The molecular weight excluding hydrogens is 334 g/mol. The molecule has 8 heteroatoms. The van der Waals surface area contributed by atoms with E-state index in [1.165, 1.54) is 0 Å². The quantitative estimate of drug-likeness (QED) is 0.818. The Bertz CT molecular complexity index is 618. The standard InChI is InChI=1S/C11H14BrN3O3S/c1-7-2-9(11(12)14-4-7)15-5-8(3-10(15)16)6-19(13,17)18/h2,4,8H,3,5-6H2,1H3,(H2,13,17,18). The summed E-state index contributed by atoms with van der Waals surface area (Å²) in [5, 5.41) is 5.02. The zero-order valence-corrected chi connectivity index (χ0v) is 12.7. The molecule has 6 nitrogen and oxygen atoms in total. The van der Waals surface area contributed by atoms with E-state index in [-0.39, 0.29) is 24.0 Å². The number of aromatic nitrogens is 1. The second-order valence-electron chi connectivity index (χ2n) is 4.73. The average Bonchev–Trinajstić information content (AvgIpc) is 2.60. The Morgan fingerprint density at radius 3 is 2.89 bits per heavy atom. The van der Waals surface area contributed by atoms with Crippen molar-refractivity contribution in [3.05, 3.63) is 22.4 Å². The van der Waals surface area contributed by atoms with Crippen LogP contribution in [-0.2, 0) is 14.8 Å². The highest BCUT2D eigenvalue weighted by Gasteiger charge is 2.33. The van der Waals surface area contributed by atoms with Gasteiger partial charge in [-0.15, -0.1) is 0 Å². The number of sulfonamides is 1. The van der Waals surface area contributed by atoms with Crippen LogP contribution < -0.4 is 10.0 Å². The Hall–Kier alpha value is -0.990. The average molecular weight is 348 g/mol. The molecule has 19 heavy (non-hydrogen) atoms. The predicted octanol–water partition coefficient (Wildman–Crippen LogP) is 0.794. The monoisotopic (exact) mass is 347 g/mol. The number of carbonyl (C=O) groups is 1. The number of primary sulfonamides is 1. The molecule has 1 saturated heterocycles. The molecule has 0 radical (unpaired) electrons. The van der Waals surface area contributed by atoms with E-state index in [4.69, 9.17) is 5.14 Å². The van der Waals surface area contributed by atoms with Gasteiger partial charge in [0.05, 0.1) is 11.4 Å². The van der Waals surface area contributed by atoms with Crippen LogP contribution in [0.15, 0.2) is 16.9 Å². The van der Waals surface area contributed by atoms with E-state index in [0.29, 0.717) is 16.8 Å². The third kappa shape index (κ3) is 3.52. The minimum atomic E-state index is -3.56. The van der Waals surface area contributed by atoms with Crippen LogP contribution in [0.2, 0.25) is 0 Å². The van der Waals surface area contributed by atoms with Crippen LogP contribution in [-0.4, -0.2) is 31.6 Å². The molecule has 1 aromatic heterocycles. The minimum absolute atomic E-state index is 0.109. The Morgan fingerprint density at radius 2 is 2.26 bits per heavy atom. The fraction of sp³-hybridized carbons (Fsp3) is 0.455. The molecule has 1 unspecified atom stereocenters. The molecule has 0 aromatic carbocycles. The number of nitrogens with zero attached hydrogens (tertiary/aromatic N) is 2. The Morgan fingerprint density at radius 1 is 1.58 bits per heavy atom. The lowest BCUT2D eigenvalue weighted by atomic mass is 10.1. The van der Waals surface area contributed by atoms with Crippen LogP contribution in [0.25, 0.3) is 0 Å². The number of aryl methyl sites for hydroxylation is 1. The molecule has 2 N–H and O–H groups in total. The van der Waals surface area contributed by atoms with E-state index in [0.717, 1.165) is 5.56 Å².